The molecule has 2 nitrogen and oxygen atoms in total. The van der Waals surface area contributed by atoms with Crippen LogP contribution in [-0.4, -0.2) is 10.1 Å². The highest BCUT2D eigenvalue weighted by molar-refractivity contribution is 5.60. The standard InChI is InChI=1S/C16H15NO/c1-13(5-8-15-4-2-3-11-17-15)12-14-6-9-16(18)10-7-14/h2-12,18H,1H3/b8-5+,13-12+. The molecule has 0 aliphatic carbocycles. The van der Waals surface area contributed by atoms with E-state index in [-0.39, 0.29) is 5.75 Å². The van der Waals surface area contributed by atoms with Crippen molar-refractivity contribution in [3.63, 3.8) is 0 Å². The smallest absolute Gasteiger partial charge is 0.115 e. The molecular formula is C16H15NO. The second kappa shape index (κ2) is 5.82. The van der Waals surface area contributed by atoms with E-state index in [2.05, 4.69) is 11.1 Å². The lowest BCUT2D eigenvalue weighted by Crippen LogP contribution is -1.77. The molecule has 0 saturated heterocycles. The highest BCUT2D eigenvalue weighted by Gasteiger charge is 1.90. The molecule has 2 heteroatoms. The van der Waals surface area contributed by atoms with E-state index in [1.807, 2.05) is 49.4 Å². The Morgan fingerprint density at radius 3 is 2.56 bits per heavy atom. The summed E-state index contributed by atoms with van der Waals surface area (Å²) in [7, 11) is 0. The van der Waals surface area contributed by atoms with Crippen molar-refractivity contribution < 1.29 is 5.11 Å². The maximum absolute atomic E-state index is 9.20. The van der Waals surface area contributed by atoms with Crippen LogP contribution >= 0.6 is 0 Å². The average Bonchev–Trinajstić information content (AvgIpc) is 2.40. The van der Waals surface area contributed by atoms with Crippen LogP contribution in [0.1, 0.15) is 18.2 Å². The van der Waals surface area contributed by atoms with Gasteiger partial charge in [-0.15, -0.1) is 0 Å². The van der Waals surface area contributed by atoms with Gasteiger partial charge in [0.1, 0.15) is 5.75 Å². The zero-order valence-electron chi connectivity index (χ0n) is 10.2. The quantitative estimate of drug-likeness (QED) is 0.821. The first-order chi connectivity index (χ1) is 8.74. The first-order valence-corrected chi connectivity index (χ1v) is 5.80. The Morgan fingerprint density at radius 1 is 1.11 bits per heavy atom. The number of rotatable bonds is 3. The van der Waals surface area contributed by atoms with E-state index in [0.29, 0.717) is 0 Å². The first-order valence-electron chi connectivity index (χ1n) is 5.80. The molecule has 0 radical (unpaired) electrons. The first kappa shape index (κ1) is 12.1. The number of phenols is 1. The topological polar surface area (TPSA) is 33.1 Å². The van der Waals surface area contributed by atoms with E-state index < -0.39 is 0 Å². The molecule has 0 fully saturated rings. The fraction of sp³-hybridized carbons (Fsp3) is 0.0625. The number of benzene rings is 1. The van der Waals surface area contributed by atoms with Gasteiger partial charge < -0.3 is 5.11 Å². The second-order valence-electron chi connectivity index (χ2n) is 4.07. The summed E-state index contributed by atoms with van der Waals surface area (Å²) in [6.45, 7) is 2.03. The number of aromatic hydroxyl groups is 1. The van der Waals surface area contributed by atoms with Gasteiger partial charge in [0.25, 0.3) is 0 Å². The Hall–Kier alpha value is -2.35. The van der Waals surface area contributed by atoms with Gasteiger partial charge in [0.05, 0.1) is 5.69 Å². The number of nitrogens with zero attached hydrogens (tertiary/aromatic N) is 1. The van der Waals surface area contributed by atoms with Crippen LogP contribution in [0.2, 0.25) is 0 Å². The van der Waals surface area contributed by atoms with Crippen LogP contribution < -0.4 is 0 Å². The minimum Gasteiger partial charge on any atom is -0.508 e. The van der Waals surface area contributed by atoms with E-state index in [4.69, 9.17) is 0 Å². The van der Waals surface area contributed by atoms with Crippen molar-refractivity contribution in [1.82, 2.24) is 4.98 Å². The van der Waals surface area contributed by atoms with Crippen molar-refractivity contribution >= 4 is 12.2 Å². The molecule has 2 aromatic rings. The van der Waals surface area contributed by atoms with Gasteiger partial charge in [-0.25, -0.2) is 0 Å². The van der Waals surface area contributed by atoms with Gasteiger partial charge in [-0.2, -0.15) is 0 Å². The summed E-state index contributed by atoms with van der Waals surface area (Å²) >= 11 is 0. The number of aromatic nitrogens is 1. The van der Waals surface area contributed by atoms with Gasteiger partial charge in [0.2, 0.25) is 0 Å². The highest BCUT2D eigenvalue weighted by Crippen LogP contribution is 2.13. The summed E-state index contributed by atoms with van der Waals surface area (Å²) in [6.07, 6.45) is 7.83. The predicted octanol–water partition coefficient (Wildman–Crippen LogP) is 3.90. The third-order valence-electron chi connectivity index (χ3n) is 2.49. The maximum atomic E-state index is 9.20. The largest absolute Gasteiger partial charge is 0.508 e. The third kappa shape index (κ3) is 3.59. The maximum Gasteiger partial charge on any atom is 0.115 e. The third-order valence-corrected chi connectivity index (χ3v) is 2.49. The molecule has 0 saturated carbocycles. The zero-order valence-corrected chi connectivity index (χ0v) is 10.2. The fourth-order valence-electron chi connectivity index (χ4n) is 1.57. The molecule has 0 spiro atoms. The number of allylic oxidation sites excluding steroid dienone is 2. The van der Waals surface area contributed by atoms with Crippen LogP contribution in [0.3, 0.4) is 0 Å². The van der Waals surface area contributed by atoms with Crippen molar-refractivity contribution in [1.29, 1.82) is 0 Å². The number of hydrogen-bond donors (Lipinski definition) is 1. The van der Waals surface area contributed by atoms with Crippen molar-refractivity contribution in [3.8, 4) is 5.75 Å². The number of pyridine rings is 1. The molecule has 0 aliphatic heterocycles. The molecule has 18 heavy (non-hydrogen) atoms. The molecule has 1 heterocycles. The molecule has 90 valence electrons. The monoisotopic (exact) mass is 237 g/mol. The van der Waals surface area contributed by atoms with Crippen LogP contribution in [0.25, 0.3) is 12.2 Å². The average molecular weight is 237 g/mol. The van der Waals surface area contributed by atoms with Crippen LogP contribution in [0.4, 0.5) is 0 Å². The van der Waals surface area contributed by atoms with Crippen LogP contribution in [0.5, 0.6) is 5.75 Å². The Bertz CT molecular complexity index is 553. The lowest BCUT2D eigenvalue weighted by molar-refractivity contribution is 0.475. The fourth-order valence-corrected chi connectivity index (χ4v) is 1.57. The van der Waals surface area contributed by atoms with E-state index in [0.717, 1.165) is 16.8 Å². The van der Waals surface area contributed by atoms with Crippen molar-refractivity contribution in [3.05, 3.63) is 71.6 Å². The normalized spacial score (nSPS) is 11.9. The Labute approximate surface area is 107 Å². The number of phenolic OH excluding ortho intramolecular Hbond substituents is 1. The Kier molecular flexibility index (Phi) is 3.92. The summed E-state index contributed by atoms with van der Waals surface area (Å²) in [5, 5.41) is 9.20. The second-order valence-corrected chi connectivity index (χ2v) is 4.07. The SMILES string of the molecule is CC(/C=C/c1ccccn1)=C\c1ccc(O)cc1. The summed E-state index contributed by atoms with van der Waals surface area (Å²) in [4.78, 5) is 4.22. The summed E-state index contributed by atoms with van der Waals surface area (Å²) in [5.41, 5.74) is 3.14. The summed E-state index contributed by atoms with van der Waals surface area (Å²) in [5.74, 6) is 0.286. The molecule has 2 rings (SSSR count). The van der Waals surface area contributed by atoms with Gasteiger partial charge in [0, 0.05) is 6.20 Å². The molecule has 0 amide bonds. The van der Waals surface area contributed by atoms with E-state index >= 15 is 0 Å². The molecule has 1 aromatic heterocycles. The van der Waals surface area contributed by atoms with Crippen LogP contribution in [0, 0.1) is 0 Å². The molecule has 0 aliphatic rings. The molecule has 0 atom stereocenters. The van der Waals surface area contributed by atoms with Gasteiger partial charge in [0.15, 0.2) is 0 Å². The summed E-state index contributed by atoms with van der Waals surface area (Å²) < 4.78 is 0. The minimum atomic E-state index is 0.286. The lowest BCUT2D eigenvalue weighted by atomic mass is 10.1. The van der Waals surface area contributed by atoms with Gasteiger partial charge in [-0.1, -0.05) is 35.9 Å². The highest BCUT2D eigenvalue weighted by atomic mass is 16.3. The van der Waals surface area contributed by atoms with Crippen molar-refractivity contribution in [2.24, 2.45) is 0 Å². The van der Waals surface area contributed by atoms with Crippen LogP contribution in [-0.2, 0) is 0 Å². The van der Waals surface area contributed by atoms with Crippen molar-refractivity contribution in [2.75, 3.05) is 0 Å². The van der Waals surface area contributed by atoms with Crippen LogP contribution in [0.15, 0.2) is 60.3 Å². The number of hydrogen-bond acceptors (Lipinski definition) is 2. The van der Waals surface area contributed by atoms with E-state index in [1.54, 1.807) is 18.3 Å². The molecule has 0 unspecified atom stereocenters. The lowest BCUT2D eigenvalue weighted by Gasteiger charge is -1.96. The van der Waals surface area contributed by atoms with Gasteiger partial charge in [-0.05, 0) is 42.8 Å². The van der Waals surface area contributed by atoms with E-state index in [1.165, 1.54) is 0 Å². The molecular weight excluding hydrogens is 222 g/mol. The molecule has 1 aromatic carbocycles. The van der Waals surface area contributed by atoms with Crippen molar-refractivity contribution in [2.45, 2.75) is 6.92 Å². The predicted molar refractivity (Wildman–Crippen MR) is 75.0 cm³/mol. The Balaban J connectivity index is 2.10. The van der Waals surface area contributed by atoms with Gasteiger partial charge >= 0.3 is 0 Å². The van der Waals surface area contributed by atoms with E-state index in [9.17, 15) is 5.11 Å². The minimum absolute atomic E-state index is 0.286. The Morgan fingerprint density at radius 2 is 1.89 bits per heavy atom. The summed E-state index contributed by atoms with van der Waals surface area (Å²) in [6, 6.07) is 13.0. The molecule has 0 bridgehead atoms. The van der Waals surface area contributed by atoms with Gasteiger partial charge in [-0.3, -0.25) is 4.98 Å². The zero-order chi connectivity index (χ0) is 12.8. The molecule has 1 N–H and O–H groups in total.